The molecule has 0 fully saturated rings. The number of aliphatic hydroxyl groups is 1. The summed E-state index contributed by atoms with van der Waals surface area (Å²) in [7, 11) is 0. The van der Waals surface area contributed by atoms with Crippen LogP contribution in [0, 0.1) is 0 Å². The van der Waals surface area contributed by atoms with Gasteiger partial charge in [-0.3, -0.25) is 10.3 Å². The van der Waals surface area contributed by atoms with E-state index in [2.05, 4.69) is 10.3 Å². The predicted molar refractivity (Wildman–Crippen MR) is 123 cm³/mol. The highest BCUT2D eigenvalue weighted by Crippen LogP contribution is 2.38. The van der Waals surface area contributed by atoms with Gasteiger partial charge in [-0.15, -0.1) is 0 Å². The number of nitrogens with zero attached hydrogens (tertiary/aromatic N) is 1. The van der Waals surface area contributed by atoms with Crippen LogP contribution in [-0.2, 0) is 18.1 Å². The highest BCUT2D eigenvalue weighted by atomic mass is 19.4. The Morgan fingerprint density at radius 2 is 1.47 bits per heavy atom. The molecule has 0 saturated carbocycles. The summed E-state index contributed by atoms with van der Waals surface area (Å²) in [5, 5.41) is 23.9. The monoisotopic (exact) mass is 464 g/mol. The zero-order valence-electron chi connectivity index (χ0n) is 18.1. The summed E-state index contributed by atoms with van der Waals surface area (Å²) < 4.78 is 40.9. The van der Waals surface area contributed by atoms with Crippen molar-refractivity contribution in [3.63, 3.8) is 0 Å². The van der Waals surface area contributed by atoms with Gasteiger partial charge < -0.3 is 10.2 Å². The summed E-state index contributed by atoms with van der Waals surface area (Å²) in [6.07, 6.45) is -4.01. The van der Waals surface area contributed by atoms with Crippen molar-refractivity contribution in [2.24, 2.45) is 0 Å². The number of halogens is 3. The molecule has 4 rings (SSSR count). The van der Waals surface area contributed by atoms with Crippen LogP contribution in [0.15, 0.2) is 103 Å². The number of hydrogen-bond donors (Lipinski definition) is 3. The van der Waals surface area contributed by atoms with Crippen LogP contribution in [0.4, 0.5) is 13.2 Å². The second-order valence-electron chi connectivity index (χ2n) is 8.00. The first-order chi connectivity index (χ1) is 16.3. The van der Waals surface area contributed by atoms with E-state index in [1.54, 1.807) is 42.6 Å². The number of alkyl halides is 3. The molecule has 7 heteroatoms. The fraction of sp³-hybridized carbons (Fsp3) is 0.148. The Hall–Kier alpha value is -3.68. The molecule has 4 nitrogen and oxygen atoms in total. The van der Waals surface area contributed by atoms with Gasteiger partial charge in [-0.25, -0.2) is 0 Å². The number of nitrogens with one attached hydrogen (secondary N) is 1. The minimum Gasteiger partial charge on any atom is -0.508 e. The molecule has 0 aliphatic carbocycles. The van der Waals surface area contributed by atoms with Gasteiger partial charge in [-0.1, -0.05) is 60.7 Å². The second-order valence-corrected chi connectivity index (χ2v) is 8.00. The highest BCUT2D eigenvalue weighted by Gasteiger charge is 2.40. The van der Waals surface area contributed by atoms with Gasteiger partial charge in [0.05, 0.1) is 16.8 Å². The first-order valence-corrected chi connectivity index (χ1v) is 10.7. The van der Waals surface area contributed by atoms with Crippen molar-refractivity contribution in [1.29, 1.82) is 0 Å². The number of phenols is 1. The van der Waals surface area contributed by atoms with Gasteiger partial charge in [0.15, 0.2) is 0 Å². The van der Waals surface area contributed by atoms with Crippen LogP contribution >= 0.6 is 0 Å². The summed E-state index contributed by atoms with van der Waals surface area (Å²) in [6, 6.07) is 25.5. The topological polar surface area (TPSA) is 65.4 Å². The lowest BCUT2D eigenvalue weighted by molar-refractivity contribution is -0.137. The van der Waals surface area contributed by atoms with E-state index in [1.165, 1.54) is 18.2 Å². The molecule has 0 radical (unpaired) electrons. The molecule has 0 amide bonds. The molecule has 0 saturated heterocycles. The van der Waals surface area contributed by atoms with Crippen LogP contribution < -0.4 is 5.32 Å². The number of aliphatic hydroxyl groups excluding tert-OH is 1. The SMILES string of the molecule is Oc1ccc(C(O)NC(Cc2ccccc2)(c2cccc(C(F)(F)F)c2)c2ccccn2)cc1. The van der Waals surface area contributed by atoms with Gasteiger partial charge in [0.25, 0.3) is 0 Å². The first-order valence-electron chi connectivity index (χ1n) is 10.7. The number of rotatable bonds is 7. The van der Waals surface area contributed by atoms with Crippen molar-refractivity contribution in [3.8, 4) is 5.75 Å². The second kappa shape index (κ2) is 9.67. The van der Waals surface area contributed by atoms with Crippen molar-refractivity contribution in [1.82, 2.24) is 10.3 Å². The summed E-state index contributed by atoms with van der Waals surface area (Å²) in [5.41, 5.74) is -0.0478. The largest absolute Gasteiger partial charge is 0.508 e. The van der Waals surface area contributed by atoms with Gasteiger partial charge >= 0.3 is 6.18 Å². The Labute approximate surface area is 195 Å². The van der Waals surface area contributed by atoms with E-state index in [0.717, 1.165) is 17.7 Å². The molecular formula is C27H23F3N2O2. The van der Waals surface area contributed by atoms with E-state index in [-0.39, 0.29) is 12.2 Å². The molecule has 0 bridgehead atoms. The Morgan fingerprint density at radius 3 is 2.12 bits per heavy atom. The number of benzene rings is 3. The Kier molecular flexibility index (Phi) is 6.68. The summed E-state index contributed by atoms with van der Waals surface area (Å²) >= 11 is 0. The van der Waals surface area contributed by atoms with Crippen molar-refractivity contribution in [2.45, 2.75) is 24.4 Å². The van der Waals surface area contributed by atoms with Gasteiger partial charge in [-0.05, 0) is 53.1 Å². The predicted octanol–water partition coefficient (Wildman–Crippen LogP) is 5.57. The van der Waals surface area contributed by atoms with Crippen LogP contribution in [0.1, 0.15) is 34.2 Å². The van der Waals surface area contributed by atoms with Gasteiger partial charge in [-0.2, -0.15) is 13.2 Å². The third-order valence-corrected chi connectivity index (χ3v) is 5.69. The summed E-state index contributed by atoms with van der Waals surface area (Å²) in [4.78, 5) is 4.48. The molecular weight excluding hydrogens is 441 g/mol. The third kappa shape index (κ3) is 5.11. The minimum atomic E-state index is -4.53. The molecule has 2 unspecified atom stereocenters. The van der Waals surface area contributed by atoms with Crippen LogP contribution in [0.2, 0.25) is 0 Å². The van der Waals surface area contributed by atoms with E-state index in [4.69, 9.17) is 0 Å². The maximum absolute atomic E-state index is 13.6. The maximum Gasteiger partial charge on any atom is 0.416 e. The standard InChI is InChI=1S/C27H23F3N2O2/c28-27(29,30)22-10-6-9-21(17-22)26(24-11-4-5-16-31-24,18-19-7-2-1-3-8-19)32-25(34)20-12-14-23(33)15-13-20/h1-17,25,32-34H,18H2. The molecule has 1 aromatic heterocycles. The summed E-state index contributed by atoms with van der Waals surface area (Å²) in [5.74, 6) is 0.0362. The minimum absolute atomic E-state index is 0.0362. The van der Waals surface area contributed by atoms with Crippen LogP contribution in [0.25, 0.3) is 0 Å². The van der Waals surface area contributed by atoms with Crippen molar-refractivity contribution in [3.05, 3.63) is 131 Å². The number of pyridine rings is 1. The molecule has 34 heavy (non-hydrogen) atoms. The van der Waals surface area contributed by atoms with Crippen LogP contribution in [-0.4, -0.2) is 15.2 Å². The first kappa shape index (κ1) is 23.5. The van der Waals surface area contributed by atoms with Crippen LogP contribution in [0.3, 0.4) is 0 Å². The third-order valence-electron chi connectivity index (χ3n) is 5.69. The van der Waals surface area contributed by atoms with Crippen molar-refractivity contribution in [2.75, 3.05) is 0 Å². The lowest BCUT2D eigenvalue weighted by Crippen LogP contribution is -2.48. The zero-order chi connectivity index (χ0) is 24.2. The number of aromatic hydroxyl groups is 1. The highest BCUT2D eigenvalue weighted by molar-refractivity contribution is 5.41. The van der Waals surface area contributed by atoms with Crippen molar-refractivity contribution < 1.29 is 23.4 Å². The molecule has 0 aliphatic heterocycles. The normalized spacial score (nSPS) is 14.4. The lowest BCUT2D eigenvalue weighted by Gasteiger charge is -2.38. The average Bonchev–Trinajstić information content (AvgIpc) is 2.85. The van der Waals surface area contributed by atoms with E-state index in [0.29, 0.717) is 16.8 Å². The lowest BCUT2D eigenvalue weighted by atomic mass is 9.79. The molecule has 3 aromatic carbocycles. The molecule has 4 aromatic rings. The number of aromatic nitrogens is 1. The average molecular weight is 464 g/mol. The Bertz CT molecular complexity index is 1220. The summed E-state index contributed by atoms with van der Waals surface area (Å²) in [6.45, 7) is 0. The van der Waals surface area contributed by atoms with E-state index < -0.39 is 23.5 Å². The van der Waals surface area contributed by atoms with Gasteiger partial charge in [0.1, 0.15) is 12.0 Å². The number of phenolic OH excluding ortho intramolecular Hbond substituents is 1. The molecule has 2 atom stereocenters. The molecule has 174 valence electrons. The molecule has 0 spiro atoms. The van der Waals surface area contributed by atoms with E-state index >= 15 is 0 Å². The molecule has 1 heterocycles. The van der Waals surface area contributed by atoms with E-state index in [1.807, 2.05) is 30.3 Å². The number of hydrogen-bond acceptors (Lipinski definition) is 4. The van der Waals surface area contributed by atoms with Crippen LogP contribution in [0.5, 0.6) is 5.75 Å². The quantitative estimate of drug-likeness (QED) is 0.313. The fourth-order valence-electron chi connectivity index (χ4n) is 4.00. The maximum atomic E-state index is 13.6. The molecule has 0 aliphatic rings. The molecule has 3 N–H and O–H groups in total. The fourth-order valence-corrected chi connectivity index (χ4v) is 4.00. The Balaban J connectivity index is 1.91. The Morgan fingerprint density at radius 1 is 0.794 bits per heavy atom. The van der Waals surface area contributed by atoms with E-state index in [9.17, 15) is 23.4 Å². The van der Waals surface area contributed by atoms with Gasteiger partial charge in [0, 0.05) is 12.6 Å². The van der Waals surface area contributed by atoms with Crippen molar-refractivity contribution >= 4 is 0 Å². The smallest absolute Gasteiger partial charge is 0.416 e. The zero-order valence-corrected chi connectivity index (χ0v) is 18.1. The van der Waals surface area contributed by atoms with Gasteiger partial charge in [0.2, 0.25) is 0 Å².